The number of benzene rings is 4. The summed E-state index contributed by atoms with van der Waals surface area (Å²) in [6.45, 7) is 21.7. The van der Waals surface area contributed by atoms with Crippen molar-refractivity contribution in [2.24, 2.45) is 0 Å². The zero-order chi connectivity index (χ0) is 29.7. The molecule has 0 aliphatic heterocycles. The molecule has 0 aromatic heterocycles. The number of aryl methyl sites for hydroxylation is 8. The van der Waals surface area contributed by atoms with Crippen molar-refractivity contribution in [2.45, 2.75) is 82.1 Å². The van der Waals surface area contributed by atoms with Crippen molar-refractivity contribution in [1.29, 1.82) is 0 Å². The molecule has 0 spiro atoms. The van der Waals surface area contributed by atoms with Gasteiger partial charge in [-0.1, -0.05) is 42.0 Å². The molecule has 212 valence electrons. The highest BCUT2D eigenvalue weighted by atomic mass is 16.5. The van der Waals surface area contributed by atoms with Gasteiger partial charge in [-0.3, -0.25) is 0 Å². The molecule has 2 heteroatoms. The van der Waals surface area contributed by atoms with Gasteiger partial charge >= 0.3 is 0 Å². The quantitative estimate of drug-likeness (QED) is 0.244. The van der Waals surface area contributed by atoms with Crippen LogP contribution in [0.2, 0.25) is 0 Å². The summed E-state index contributed by atoms with van der Waals surface area (Å²) >= 11 is 0. The second kappa shape index (κ2) is 13.2. The van der Waals surface area contributed by atoms with Crippen molar-refractivity contribution in [2.75, 3.05) is 14.2 Å². The highest BCUT2D eigenvalue weighted by molar-refractivity contribution is 5.48. The van der Waals surface area contributed by atoms with E-state index in [1.165, 1.54) is 77.9 Å². The number of hydrogen-bond donors (Lipinski definition) is 0. The van der Waals surface area contributed by atoms with E-state index in [4.69, 9.17) is 9.47 Å². The lowest BCUT2D eigenvalue weighted by Gasteiger charge is -2.15. The maximum atomic E-state index is 5.48. The van der Waals surface area contributed by atoms with Crippen LogP contribution in [0.1, 0.15) is 77.9 Å². The Morgan fingerprint density at radius 1 is 0.375 bits per heavy atom. The Labute approximate surface area is 243 Å². The van der Waals surface area contributed by atoms with Crippen LogP contribution in [-0.4, -0.2) is 14.2 Å². The molecule has 0 aliphatic rings. The Hall–Kier alpha value is -3.52. The van der Waals surface area contributed by atoms with Crippen molar-refractivity contribution >= 4 is 0 Å². The highest BCUT2D eigenvalue weighted by Crippen LogP contribution is 2.28. The maximum absolute atomic E-state index is 5.48. The van der Waals surface area contributed by atoms with Crippen LogP contribution >= 0.6 is 0 Å². The van der Waals surface area contributed by atoms with E-state index < -0.39 is 0 Å². The first-order valence-electron chi connectivity index (χ1n) is 14.3. The highest BCUT2D eigenvalue weighted by Gasteiger charge is 2.11. The van der Waals surface area contributed by atoms with Crippen LogP contribution in [0.3, 0.4) is 0 Å². The molecule has 0 fully saturated rings. The van der Waals surface area contributed by atoms with E-state index in [1.807, 2.05) is 0 Å². The van der Waals surface area contributed by atoms with Gasteiger partial charge < -0.3 is 9.47 Å². The van der Waals surface area contributed by atoms with E-state index in [0.29, 0.717) is 0 Å². The Balaban J connectivity index is 0.000000220. The summed E-state index contributed by atoms with van der Waals surface area (Å²) < 4.78 is 10.9. The lowest BCUT2D eigenvalue weighted by atomic mass is 9.92. The average molecular weight is 537 g/mol. The third kappa shape index (κ3) is 7.36. The van der Waals surface area contributed by atoms with Gasteiger partial charge in [0.1, 0.15) is 11.5 Å². The van der Waals surface area contributed by atoms with Crippen molar-refractivity contribution in [3.05, 3.63) is 126 Å². The molecule has 0 radical (unpaired) electrons. The monoisotopic (exact) mass is 536 g/mol. The molecule has 4 aromatic carbocycles. The summed E-state index contributed by atoms with van der Waals surface area (Å²) in [4.78, 5) is 0. The minimum absolute atomic E-state index is 0.970. The third-order valence-corrected chi connectivity index (χ3v) is 8.32. The minimum atomic E-state index is 0.970. The molecule has 0 saturated carbocycles. The minimum Gasteiger partial charge on any atom is -0.496 e. The van der Waals surface area contributed by atoms with Crippen LogP contribution in [0, 0.1) is 69.2 Å². The molecule has 0 aliphatic carbocycles. The van der Waals surface area contributed by atoms with Crippen LogP contribution in [0.15, 0.2) is 48.5 Å². The third-order valence-electron chi connectivity index (χ3n) is 8.32. The summed E-state index contributed by atoms with van der Waals surface area (Å²) in [5.74, 6) is 1.96. The summed E-state index contributed by atoms with van der Waals surface area (Å²) in [6, 6.07) is 17.9. The molecule has 0 unspecified atom stereocenters. The lowest BCUT2D eigenvalue weighted by molar-refractivity contribution is 0.411. The first-order chi connectivity index (χ1) is 18.8. The number of methoxy groups -OCH3 is 2. The maximum Gasteiger partial charge on any atom is 0.122 e. The predicted molar refractivity (Wildman–Crippen MR) is 172 cm³/mol. The van der Waals surface area contributed by atoms with Crippen molar-refractivity contribution in [3.63, 3.8) is 0 Å². The van der Waals surface area contributed by atoms with Crippen LogP contribution in [-0.2, 0) is 12.8 Å². The second-order valence-electron chi connectivity index (χ2n) is 11.6. The van der Waals surface area contributed by atoms with E-state index in [-0.39, 0.29) is 0 Å². The molecule has 0 N–H and O–H groups in total. The average Bonchev–Trinajstić information content (AvgIpc) is 2.89. The van der Waals surface area contributed by atoms with Gasteiger partial charge in [-0.05, 0) is 167 Å². The SMILES string of the molecule is COc1cc(C)c(Cc2cc(C)c(C)cc2C)cc1C.COc1cc(C)cc(Cc2cc(C)cc(C)c2C)c1C. The molecule has 0 amide bonds. The summed E-state index contributed by atoms with van der Waals surface area (Å²) in [7, 11) is 3.47. The smallest absolute Gasteiger partial charge is 0.122 e. The number of rotatable bonds is 6. The predicted octanol–water partition coefficient (Wildman–Crippen LogP) is 9.66. The fraction of sp³-hybridized carbons (Fsp3) is 0.368. The Kier molecular flexibility index (Phi) is 10.3. The van der Waals surface area contributed by atoms with E-state index in [2.05, 4.69) is 118 Å². The van der Waals surface area contributed by atoms with Gasteiger partial charge in [0, 0.05) is 0 Å². The van der Waals surface area contributed by atoms with Crippen molar-refractivity contribution in [3.8, 4) is 11.5 Å². The largest absolute Gasteiger partial charge is 0.496 e. The molecule has 2 nitrogen and oxygen atoms in total. The van der Waals surface area contributed by atoms with Crippen LogP contribution in [0.5, 0.6) is 11.5 Å². The van der Waals surface area contributed by atoms with Gasteiger partial charge in [-0.25, -0.2) is 0 Å². The number of hydrogen-bond acceptors (Lipinski definition) is 2. The summed E-state index contributed by atoms with van der Waals surface area (Å²) in [5.41, 5.74) is 18.8. The fourth-order valence-corrected chi connectivity index (χ4v) is 5.49. The molecular weight excluding hydrogens is 488 g/mol. The lowest BCUT2D eigenvalue weighted by Crippen LogP contribution is -2.00. The van der Waals surface area contributed by atoms with Crippen LogP contribution in [0.25, 0.3) is 0 Å². The Morgan fingerprint density at radius 2 is 0.850 bits per heavy atom. The Bertz CT molecular complexity index is 1510. The topological polar surface area (TPSA) is 18.5 Å². The zero-order valence-electron chi connectivity index (χ0n) is 26.8. The van der Waals surface area contributed by atoms with Gasteiger partial charge in [-0.2, -0.15) is 0 Å². The zero-order valence-corrected chi connectivity index (χ0v) is 26.8. The molecule has 0 atom stereocenters. The van der Waals surface area contributed by atoms with Crippen LogP contribution < -0.4 is 9.47 Å². The van der Waals surface area contributed by atoms with E-state index >= 15 is 0 Å². The molecule has 40 heavy (non-hydrogen) atoms. The second-order valence-corrected chi connectivity index (χ2v) is 11.6. The van der Waals surface area contributed by atoms with Crippen molar-refractivity contribution in [1.82, 2.24) is 0 Å². The van der Waals surface area contributed by atoms with Gasteiger partial charge in [0.05, 0.1) is 14.2 Å². The first kappa shape index (κ1) is 31.0. The Morgan fingerprint density at radius 3 is 1.45 bits per heavy atom. The summed E-state index contributed by atoms with van der Waals surface area (Å²) in [6.07, 6.45) is 1.96. The summed E-state index contributed by atoms with van der Waals surface area (Å²) in [5, 5.41) is 0. The van der Waals surface area contributed by atoms with Gasteiger partial charge in [0.15, 0.2) is 0 Å². The molecule has 4 aromatic rings. The molecule has 0 saturated heterocycles. The van der Waals surface area contributed by atoms with Gasteiger partial charge in [-0.15, -0.1) is 0 Å². The van der Waals surface area contributed by atoms with Gasteiger partial charge in [0.25, 0.3) is 0 Å². The van der Waals surface area contributed by atoms with Crippen LogP contribution in [0.4, 0.5) is 0 Å². The van der Waals surface area contributed by atoms with Crippen molar-refractivity contribution < 1.29 is 9.47 Å². The molecule has 4 rings (SSSR count). The standard InChI is InChI=1S/2C19H24O/c1-12-7-14(3)17(8-13(12)2)11-18-9-16(5)19(20-6)10-15(18)4;1-12-7-14(3)15(4)17(8-12)11-18-9-13(2)10-19(20-6)16(18)5/h2*7-10H,11H2,1-6H3. The molecule has 0 heterocycles. The van der Waals surface area contributed by atoms with Gasteiger partial charge in [0.2, 0.25) is 0 Å². The van der Waals surface area contributed by atoms with E-state index in [1.54, 1.807) is 14.2 Å². The van der Waals surface area contributed by atoms with E-state index in [9.17, 15) is 0 Å². The molecular formula is C38H48O2. The molecule has 0 bridgehead atoms. The fourth-order valence-electron chi connectivity index (χ4n) is 5.49. The first-order valence-corrected chi connectivity index (χ1v) is 14.3. The van der Waals surface area contributed by atoms with E-state index in [0.717, 1.165) is 24.3 Å². The number of ether oxygens (including phenoxy) is 2. The normalized spacial score (nSPS) is 10.7.